The van der Waals surface area contributed by atoms with Crippen molar-refractivity contribution in [2.45, 2.75) is 64.1 Å². The molecule has 1 fully saturated rings. The smallest absolute Gasteiger partial charge is 0.408 e. The number of fused-ring (bicyclic) bond motifs is 1. The zero-order valence-electron chi connectivity index (χ0n) is 21.3. The van der Waals surface area contributed by atoms with Gasteiger partial charge in [0, 0.05) is 29.8 Å². The molecule has 196 valence electrons. The topological polar surface area (TPSA) is 130 Å². The number of aliphatic carboxylic acids is 1. The first-order valence-electron chi connectivity index (χ1n) is 12.2. The third-order valence-corrected chi connectivity index (χ3v) is 6.03. The maximum atomic E-state index is 13.1. The molecule has 0 radical (unpaired) electrons. The second-order valence-corrected chi connectivity index (χ2v) is 10.1. The second kappa shape index (κ2) is 10.6. The molecule has 3 N–H and O–H groups in total. The zero-order valence-corrected chi connectivity index (χ0v) is 21.3. The number of para-hydroxylation sites is 1. The summed E-state index contributed by atoms with van der Waals surface area (Å²) in [5.74, 6) is -1.02. The number of hydrogen-bond acceptors (Lipinski definition) is 7. The Bertz CT molecular complexity index is 1190. The Kier molecular flexibility index (Phi) is 7.49. The quantitative estimate of drug-likeness (QED) is 0.544. The number of alkyl carbamates (subject to hydrolysis) is 1. The summed E-state index contributed by atoms with van der Waals surface area (Å²) in [7, 11) is 0. The van der Waals surface area contributed by atoms with Gasteiger partial charge in [0.25, 0.3) is 0 Å². The standard InChI is InChI=1S/C27H32N4O6/c1-16(28-26(35)37-27(2,3)4)24(32)31-15-18(14-21(31)25(33)34)36-23-19-12-8-9-13-20(19)29-22(30-23)17-10-6-5-7-11-17/h5-13,16,18,21,23H,14-15H2,1-4H3,(H,28,35)(H,29,30)(H,33,34)/t16-,18+,21-,23?/m0/s1. The van der Waals surface area contributed by atoms with E-state index in [4.69, 9.17) is 14.5 Å². The number of carboxylic acids is 1. The number of nitrogens with zero attached hydrogens (tertiary/aromatic N) is 2. The van der Waals surface area contributed by atoms with Crippen molar-refractivity contribution in [3.05, 3.63) is 65.7 Å². The number of anilines is 1. The molecule has 2 amide bonds. The van der Waals surface area contributed by atoms with Crippen LogP contribution in [0.25, 0.3) is 0 Å². The molecule has 2 aromatic carbocycles. The van der Waals surface area contributed by atoms with E-state index in [2.05, 4.69) is 10.6 Å². The van der Waals surface area contributed by atoms with E-state index in [1.807, 2.05) is 54.6 Å². The van der Waals surface area contributed by atoms with E-state index in [1.165, 1.54) is 11.8 Å². The average molecular weight is 509 g/mol. The van der Waals surface area contributed by atoms with Crippen molar-refractivity contribution < 1.29 is 29.0 Å². The molecule has 0 aromatic heterocycles. The minimum atomic E-state index is -1.14. The fraction of sp³-hybridized carbons (Fsp3) is 0.407. The molecule has 4 rings (SSSR count). The molecule has 0 saturated carbocycles. The fourth-order valence-corrected chi connectivity index (χ4v) is 4.37. The van der Waals surface area contributed by atoms with E-state index in [9.17, 15) is 19.5 Å². The van der Waals surface area contributed by atoms with Gasteiger partial charge in [0.05, 0.1) is 6.10 Å². The largest absolute Gasteiger partial charge is 0.480 e. The molecule has 10 nitrogen and oxygen atoms in total. The molecule has 2 aliphatic heterocycles. The van der Waals surface area contributed by atoms with Crippen molar-refractivity contribution in [2.75, 3.05) is 11.9 Å². The van der Waals surface area contributed by atoms with Crippen molar-refractivity contribution in [3.8, 4) is 0 Å². The number of likely N-dealkylation sites (tertiary alicyclic amines) is 1. The predicted molar refractivity (Wildman–Crippen MR) is 137 cm³/mol. The highest BCUT2D eigenvalue weighted by atomic mass is 16.6. The van der Waals surface area contributed by atoms with E-state index >= 15 is 0 Å². The van der Waals surface area contributed by atoms with Crippen LogP contribution in [0.3, 0.4) is 0 Å². The SMILES string of the molecule is C[C@H](NC(=O)OC(C)(C)C)C(=O)N1C[C@H](OC2N=C(c3ccccc3)Nc3ccccc32)C[C@H]1C(=O)O. The summed E-state index contributed by atoms with van der Waals surface area (Å²) in [5.41, 5.74) is 1.82. The maximum Gasteiger partial charge on any atom is 0.408 e. The van der Waals surface area contributed by atoms with Gasteiger partial charge in [-0.2, -0.15) is 0 Å². The number of amidine groups is 1. The second-order valence-electron chi connectivity index (χ2n) is 10.1. The Morgan fingerprint density at radius 2 is 1.78 bits per heavy atom. The van der Waals surface area contributed by atoms with Gasteiger partial charge in [-0.05, 0) is 33.8 Å². The van der Waals surface area contributed by atoms with Crippen LogP contribution in [0.15, 0.2) is 59.6 Å². The monoisotopic (exact) mass is 508 g/mol. The van der Waals surface area contributed by atoms with Crippen LogP contribution in [0.1, 0.15) is 51.5 Å². The molecule has 0 spiro atoms. The van der Waals surface area contributed by atoms with E-state index < -0.39 is 48.0 Å². The van der Waals surface area contributed by atoms with Gasteiger partial charge in [-0.1, -0.05) is 48.5 Å². The summed E-state index contributed by atoms with van der Waals surface area (Å²) in [6, 6.07) is 15.2. The highest BCUT2D eigenvalue weighted by molar-refractivity contribution is 6.09. The van der Waals surface area contributed by atoms with Crippen LogP contribution in [0, 0.1) is 0 Å². The van der Waals surface area contributed by atoms with Crippen molar-refractivity contribution >= 4 is 29.5 Å². The average Bonchev–Trinajstić information content (AvgIpc) is 3.27. The third-order valence-electron chi connectivity index (χ3n) is 6.03. The van der Waals surface area contributed by atoms with Gasteiger partial charge in [-0.25, -0.2) is 14.6 Å². The van der Waals surface area contributed by atoms with Gasteiger partial charge in [0.2, 0.25) is 5.91 Å². The summed E-state index contributed by atoms with van der Waals surface area (Å²) in [6.45, 7) is 6.70. The van der Waals surface area contributed by atoms with Gasteiger partial charge in [-0.15, -0.1) is 0 Å². The van der Waals surface area contributed by atoms with Crippen molar-refractivity contribution in [2.24, 2.45) is 4.99 Å². The van der Waals surface area contributed by atoms with Crippen LogP contribution in [0.5, 0.6) is 0 Å². The van der Waals surface area contributed by atoms with Crippen LogP contribution >= 0.6 is 0 Å². The first-order chi connectivity index (χ1) is 17.5. The Balaban J connectivity index is 1.51. The maximum absolute atomic E-state index is 13.1. The molecule has 0 aliphatic carbocycles. The number of rotatable bonds is 6. The van der Waals surface area contributed by atoms with Gasteiger partial charge < -0.3 is 30.1 Å². The molecular formula is C27H32N4O6. The number of carbonyl (C=O) groups excluding carboxylic acids is 2. The van der Waals surface area contributed by atoms with Crippen LogP contribution in [-0.2, 0) is 19.1 Å². The number of nitrogens with one attached hydrogen (secondary N) is 2. The number of hydrogen-bond donors (Lipinski definition) is 3. The molecule has 37 heavy (non-hydrogen) atoms. The lowest BCUT2D eigenvalue weighted by atomic mass is 10.1. The van der Waals surface area contributed by atoms with E-state index in [0.717, 1.165) is 16.8 Å². The first-order valence-corrected chi connectivity index (χ1v) is 12.2. The van der Waals surface area contributed by atoms with E-state index in [0.29, 0.717) is 5.84 Å². The Hall–Kier alpha value is -3.92. The minimum absolute atomic E-state index is 0.0540. The van der Waals surface area contributed by atoms with Crippen molar-refractivity contribution in [1.29, 1.82) is 0 Å². The lowest BCUT2D eigenvalue weighted by molar-refractivity contribution is -0.148. The summed E-state index contributed by atoms with van der Waals surface area (Å²) in [6.07, 6.45) is -1.90. The predicted octanol–water partition coefficient (Wildman–Crippen LogP) is 3.54. The first kappa shape index (κ1) is 26.2. The summed E-state index contributed by atoms with van der Waals surface area (Å²) >= 11 is 0. The number of carbonyl (C=O) groups is 3. The Morgan fingerprint density at radius 3 is 2.46 bits per heavy atom. The Labute approximate surface area is 215 Å². The molecule has 4 atom stereocenters. The molecule has 1 saturated heterocycles. The summed E-state index contributed by atoms with van der Waals surface area (Å²) in [5, 5.41) is 15.6. The van der Waals surface area contributed by atoms with Crippen LogP contribution in [-0.4, -0.2) is 64.1 Å². The van der Waals surface area contributed by atoms with Crippen LogP contribution in [0.4, 0.5) is 10.5 Å². The van der Waals surface area contributed by atoms with Gasteiger partial charge in [0.15, 0.2) is 6.23 Å². The number of ether oxygens (including phenoxy) is 2. The highest BCUT2D eigenvalue weighted by Gasteiger charge is 2.43. The van der Waals surface area contributed by atoms with Gasteiger partial charge in [-0.3, -0.25) is 4.79 Å². The molecule has 2 aromatic rings. The number of carboxylic acid groups (broad SMARTS) is 1. The minimum Gasteiger partial charge on any atom is -0.480 e. The molecule has 1 unspecified atom stereocenters. The van der Waals surface area contributed by atoms with Crippen LogP contribution < -0.4 is 10.6 Å². The third kappa shape index (κ3) is 6.26. The number of aliphatic imine (C=N–C) groups is 1. The highest BCUT2D eigenvalue weighted by Crippen LogP contribution is 2.35. The lowest BCUT2D eigenvalue weighted by Crippen LogP contribution is -2.51. The van der Waals surface area contributed by atoms with Gasteiger partial charge in [0.1, 0.15) is 23.5 Å². The van der Waals surface area contributed by atoms with E-state index in [-0.39, 0.29) is 13.0 Å². The molecule has 2 heterocycles. The number of amides is 2. The van der Waals surface area contributed by atoms with E-state index in [1.54, 1.807) is 20.8 Å². The van der Waals surface area contributed by atoms with Gasteiger partial charge >= 0.3 is 12.1 Å². The number of benzene rings is 2. The summed E-state index contributed by atoms with van der Waals surface area (Å²) < 4.78 is 11.5. The molecule has 10 heteroatoms. The molecule has 0 bridgehead atoms. The molecule has 2 aliphatic rings. The summed E-state index contributed by atoms with van der Waals surface area (Å²) in [4.78, 5) is 43.3. The Morgan fingerprint density at radius 1 is 1.11 bits per heavy atom. The molecular weight excluding hydrogens is 476 g/mol. The van der Waals surface area contributed by atoms with Crippen molar-refractivity contribution in [3.63, 3.8) is 0 Å². The van der Waals surface area contributed by atoms with Crippen molar-refractivity contribution in [1.82, 2.24) is 10.2 Å². The zero-order chi connectivity index (χ0) is 26.7. The lowest BCUT2D eigenvalue weighted by Gasteiger charge is -2.28. The van der Waals surface area contributed by atoms with Crippen LogP contribution in [0.2, 0.25) is 0 Å². The normalized spacial score (nSPS) is 21.8. The fourth-order valence-electron chi connectivity index (χ4n) is 4.37.